The van der Waals surface area contributed by atoms with Gasteiger partial charge in [-0.3, -0.25) is 4.98 Å². The fourth-order valence-corrected chi connectivity index (χ4v) is 0.761. The number of esters is 1. The van der Waals surface area contributed by atoms with Gasteiger partial charge >= 0.3 is 5.97 Å². The minimum atomic E-state index is -0.652. The SMILES string of the molecule is C#COC(=O)C(=C)c1ccccn1. The van der Waals surface area contributed by atoms with E-state index in [0.29, 0.717) is 5.69 Å². The van der Waals surface area contributed by atoms with E-state index in [9.17, 15) is 4.79 Å². The number of terminal acetylenes is 1. The van der Waals surface area contributed by atoms with Gasteiger partial charge in [0.1, 0.15) is 6.11 Å². The van der Waals surface area contributed by atoms with Crippen LogP contribution in [-0.2, 0) is 9.53 Å². The highest BCUT2D eigenvalue weighted by Gasteiger charge is 2.10. The van der Waals surface area contributed by atoms with Gasteiger partial charge in [-0.2, -0.15) is 0 Å². The molecule has 0 bridgehead atoms. The average molecular weight is 173 g/mol. The van der Waals surface area contributed by atoms with Crippen LogP contribution >= 0.6 is 0 Å². The molecule has 1 rings (SSSR count). The molecule has 0 aliphatic rings. The average Bonchev–Trinajstić information content (AvgIpc) is 2.18. The van der Waals surface area contributed by atoms with E-state index in [4.69, 9.17) is 6.42 Å². The van der Waals surface area contributed by atoms with Crippen molar-refractivity contribution in [2.45, 2.75) is 0 Å². The summed E-state index contributed by atoms with van der Waals surface area (Å²) in [6, 6.07) is 5.14. The van der Waals surface area contributed by atoms with E-state index in [-0.39, 0.29) is 5.57 Å². The number of hydrogen-bond acceptors (Lipinski definition) is 3. The Morgan fingerprint density at radius 2 is 2.38 bits per heavy atom. The van der Waals surface area contributed by atoms with Crippen LogP contribution in [0.4, 0.5) is 0 Å². The summed E-state index contributed by atoms with van der Waals surface area (Å²) in [5, 5.41) is 0. The van der Waals surface area contributed by atoms with Crippen molar-refractivity contribution in [1.82, 2.24) is 4.98 Å². The third-order valence-corrected chi connectivity index (χ3v) is 1.37. The normalized spacial score (nSPS) is 8.54. The van der Waals surface area contributed by atoms with Crippen molar-refractivity contribution < 1.29 is 9.53 Å². The van der Waals surface area contributed by atoms with Crippen LogP contribution < -0.4 is 0 Å². The smallest absolute Gasteiger partial charge is 0.353 e. The highest BCUT2D eigenvalue weighted by atomic mass is 16.5. The maximum Gasteiger partial charge on any atom is 0.353 e. The molecule has 0 aliphatic heterocycles. The summed E-state index contributed by atoms with van der Waals surface area (Å²) in [5.41, 5.74) is 0.612. The summed E-state index contributed by atoms with van der Waals surface area (Å²) in [4.78, 5) is 15.0. The number of aromatic nitrogens is 1. The van der Waals surface area contributed by atoms with Gasteiger partial charge in [-0.05, 0) is 12.1 Å². The number of rotatable bonds is 2. The summed E-state index contributed by atoms with van der Waals surface area (Å²) in [7, 11) is 0. The monoisotopic (exact) mass is 173 g/mol. The maximum absolute atomic E-state index is 11.0. The first-order chi connectivity index (χ1) is 6.25. The van der Waals surface area contributed by atoms with Crippen LogP contribution in [0.5, 0.6) is 0 Å². The van der Waals surface area contributed by atoms with Gasteiger partial charge in [0, 0.05) is 6.20 Å². The number of pyridine rings is 1. The summed E-state index contributed by atoms with van der Waals surface area (Å²) in [6.07, 6.45) is 8.13. The molecular weight excluding hydrogens is 166 g/mol. The van der Waals surface area contributed by atoms with Crippen molar-refractivity contribution in [3.63, 3.8) is 0 Å². The Labute approximate surface area is 76.1 Å². The zero-order valence-corrected chi connectivity index (χ0v) is 6.86. The topological polar surface area (TPSA) is 39.2 Å². The van der Waals surface area contributed by atoms with Gasteiger partial charge in [0.2, 0.25) is 0 Å². The highest BCUT2D eigenvalue weighted by Crippen LogP contribution is 2.09. The first kappa shape index (κ1) is 9.01. The lowest BCUT2D eigenvalue weighted by Gasteiger charge is -1.99. The molecule has 1 aromatic rings. The molecule has 64 valence electrons. The van der Waals surface area contributed by atoms with Gasteiger partial charge < -0.3 is 4.74 Å². The minimum Gasteiger partial charge on any atom is -0.369 e. The number of hydrogen-bond donors (Lipinski definition) is 0. The molecule has 3 heteroatoms. The molecule has 0 atom stereocenters. The molecule has 0 amide bonds. The van der Waals surface area contributed by atoms with E-state index >= 15 is 0 Å². The van der Waals surface area contributed by atoms with Gasteiger partial charge in [0.25, 0.3) is 0 Å². The van der Waals surface area contributed by atoms with Gasteiger partial charge in [-0.25, -0.2) is 4.79 Å². The van der Waals surface area contributed by atoms with Crippen LogP contribution in [0, 0.1) is 12.5 Å². The number of carbonyl (C=O) groups excluding carboxylic acids is 1. The maximum atomic E-state index is 11.0. The molecule has 0 fully saturated rings. The molecule has 0 aliphatic carbocycles. The third kappa shape index (κ3) is 2.17. The molecule has 0 saturated heterocycles. The van der Waals surface area contributed by atoms with Gasteiger partial charge in [0.05, 0.1) is 11.3 Å². The number of carbonyl (C=O) groups is 1. The molecule has 0 N–H and O–H groups in total. The number of ether oxygens (including phenoxy) is 1. The van der Waals surface area contributed by atoms with E-state index in [1.165, 1.54) is 0 Å². The van der Waals surface area contributed by atoms with Gasteiger partial charge in [0.15, 0.2) is 0 Å². The summed E-state index contributed by atoms with van der Waals surface area (Å²) >= 11 is 0. The Hall–Kier alpha value is -2.08. The van der Waals surface area contributed by atoms with Crippen LogP contribution in [-0.4, -0.2) is 11.0 Å². The second-order valence-corrected chi connectivity index (χ2v) is 2.20. The predicted molar refractivity (Wildman–Crippen MR) is 48.2 cm³/mol. The zero-order valence-electron chi connectivity index (χ0n) is 6.86. The van der Waals surface area contributed by atoms with E-state index in [1.807, 2.05) is 0 Å². The van der Waals surface area contributed by atoms with E-state index in [2.05, 4.69) is 16.3 Å². The Morgan fingerprint density at radius 1 is 1.62 bits per heavy atom. The summed E-state index contributed by atoms with van der Waals surface area (Å²) in [5.74, 6) is -0.652. The Kier molecular flexibility index (Phi) is 2.82. The van der Waals surface area contributed by atoms with Crippen molar-refractivity contribution in [2.24, 2.45) is 0 Å². The molecule has 0 saturated carbocycles. The Bertz CT molecular complexity index is 362. The summed E-state index contributed by atoms with van der Waals surface area (Å²) < 4.78 is 4.31. The molecular formula is C10H7NO2. The second kappa shape index (κ2) is 4.07. The summed E-state index contributed by atoms with van der Waals surface area (Å²) in [6.45, 7) is 3.51. The Balaban J connectivity index is 2.82. The molecule has 0 spiro atoms. The minimum absolute atomic E-state index is 0.151. The van der Waals surface area contributed by atoms with Crippen molar-refractivity contribution in [2.75, 3.05) is 0 Å². The molecule has 13 heavy (non-hydrogen) atoms. The quantitative estimate of drug-likeness (QED) is 0.383. The van der Waals surface area contributed by atoms with Crippen LogP contribution in [0.25, 0.3) is 5.57 Å². The van der Waals surface area contributed by atoms with Crippen LogP contribution in [0.2, 0.25) is 0 Å². The lowest BCUT2D eigenvalue weighted by Crippen LogP contribution is -2.03. The van der Waals surface area contributed by atoms with E-state index < -0.39 is 5.97 Å². The Morgan fingerprint density at radius 3 is 2.92 bits per heavy atom. The lowest BCUT2D eigenvalue weighted by atomic mass is 10.2. The number of nitrogens with zero attached hydrogens (tertiary/aromatic N) is 1. The first-order valence-corrected chi connectivity index (χ1v) is 3.53. The molecule has 1 aromatic heterocycles. The van der Waals surface area contributed by atoms with E-state index in [0.717, 1.165) is 0 Å². The fourth-order valence-electron chi connectivity index (χ4n) is 0.761. The van der Waals surface area contributed by atoms with Crippen molar-refractivity contribution >= 4 is 11.5 Å². The molecule has 1 heterocycles. The highest BCUT2D eigenvalue weighted by molar-refractivity contribution is 6.15. The standard InChI is InChI=1S/C10H7NO2/c1-3-13-10(12)8(2)9-6-4-5-7-11-9/h1,4-7H,2H2. The van der Waals surface area contributed by atoms with Gasteiger partial charge in [-0.1, -0.05) is 19.1 Å². The molecule has 3 nitrogen and oxygen atoms in total. The van der Waals surface area contributed by atoms with Crippen molar-refractivity contribution in [3.8, 4) is 12.5 Å². The zero-order chi connectivity index (χ0) is 9.68. The van der Waals surface area contributed by atoms with E-state index in [1.54, 1.807) is 30.5 Å². The lowest BCUT2D eigenvalue weighted by molar-refractivity contribution is -0.130. The van der Waals surface area contributed by atoms with Crippen LogP contribution in [0.15, 0.2) is 31.0 Å². The largest absolute Gasteiger partial charge is 0.369 e. The fraction of sp³-hybridized carbons (Fsp3) is 0. The van der Waals surface area contributed by atoms with Crippen LogP contribution in [0.3, 0.4) is 0 Å². The van der Waals surface area contributed by atoms with Crippen molar-refractivity contribution in [1.29, 1.82) is 0 Å². The second-order valence-electron chi connectivity index (χ2n) is 2.20. The van der Waals surface area contributed by atoms with Gasteiger partial charge in [-0.15, -0.1) is 0 Å². The molecule has 0 unspecified atom stereocenters. The first-order valence-electron chi connectivity index (χ1n) is 3.53. The third-order valence-electron chi connectivity index (χ3n) is 1.37. The van der Waals surface area contributed by atoms with Crippen LogP contribution in [0.1, 0.15) is 5.69 Å². The molecule has 0 radical (unpaired) electrons. The van der Waals surface area contributed by atoms with Crippen molar-refractivity contribution in [3.05, 3.63) is 36.7 Å². The molecule has 0 aromatic carbocycles. The predicted octanol–water partition coefficient (Wildman–Crippen LogP) is 1.23.